The van der Waals surface area contributed by atoms with E-state index in [0.717, 1.165) is 36.5 Å². The molecule has 246 valence electrons. The van der Waals surface area contributed by atoms with E-state index in [2.05, 4.69) is 20.2 Å². The first-order chi connectivity index (χ1) is 23.1. The summed E-state index contributed by atoms with van der Waals surface area (Å²) >= 11 is 12.8. The normalized spacial score (nSPS) is 18.5. The molecule has 48 heavy (non-hydrogen) atoms. The van der Waals surface area contributed by atoms with Crippen molar-refractivity contribution in [1.29, 1.82) is 0 Å². The molecule has 6 heterocycles. The van der Waals surface area contributed by atoms with Crippen LogP contribution in [0.2, 0.25) is 10.2 Å². The molecule has 0 bridgehead atoms. The standard InChI is InChI=1S/C32H27Cl2F2N9O3/c33-19-4-5-20(38-12-19)14-43-22-6-3-18(11-23(22)48-32(35,36)31(43)47)25-26(29(37)46)21(9-16-1-2-16)41-30-27(25)28(34)42-45(30)13-17-7-8-44-24(10-17)39-15-40-44/h3-6,11-12,15-17H,1-2,7-10,13-14H2,(H2,37,46)/t17-/m1/s1. The van der Waals surface area contributed by atoms with Crippen molar-refractivity contribution < 1.29 is 23.1 Å². The summed E-state index contributed by atoms with van der Waals surface area (Å²) in [6.45, 7) is 0.948. The van der Waals surface area contributed by atoms with Crippen molar-refractivity contribution in [3.63, 3.8) is 0 Å². The molecule has 1 fully saturated rings. The van der Waals surface area contributed by atoms with Crippen LogP contribution in [-0.2, 0) is 37.3 Å². The van der Waals surface area contributed by atoms with Gasteiger partial charge in [-0.3, -0.25) is 24.2 Å². The lowest BCUT2D eigenvalue weighted by atomic mass is 9.93. The number of carbonyl (C=O) groups is 2. The third kappa shape index (κ3) is 5.42. The first kappa shape index (κ1) is 30.6. The highest BCUT2D eigenvalue weighted by Gasteiger charge is 2.50. The van der Waals surface area contributed by atoms with Crippen LogP contribution in [0.5, 0.6) is 5.75 Å². The topological polar surface area (TPSA) is 147 Å². The van der Waals surface area contributed by atoms with Gasteiger partial charge in [0, 0.05) is 31.3 Å². The van der Waals surface area contributed by atoms with Crippen molar-refractivity contribution >= 4 is 51.7 Å². The number of aryl methyl sites for hydroxylation is 1. The van der Waals surface area contributed by atoms with Crippen molar-refractivity contribution in [3.05, 3.63) is 75.8 Å². The molecule has 1 aliphatic carbocycles. The second-order valence-electron chi connectivity index (χ2n) is 12.4. The van der Waals surface area contributed by atoms with Crippen LogP contribution in [0.15, 0.2) is 42.9 Å². The van der Waals surface area contributed by atoms with Crippen LogP contribution in [0, 0.1) is 11.8 Å². The number of hydrogen-bond acceptors (Lipinski definition) is 8. The van der Waals surface area contributed by atoms with E-state index in [1.54, 1.807) is 29.2 Å². The number of pyridine rings is 2. The summed E-state index contributed by atoms with van der Waals surface area (Å²) in [5.41, 5.74) is 8.19. The number of rotatable bonds is 8. The molecule has 16 heteroatoms. The number of nitrogens with zero attached hydrogens (tertiary/aromatic N) is 8. The lowest BCUT2D eigenvalue weighted by Crippen LogP contribution is -2.50. The van der Waals surface area contributed by atoms with Gasteiger partial charge >= 0.3 is 12.0 Å². The van der Waals surface area contributed by atoms with E-state index in [1.165, 1.54) is 18.3 Å². The van der Waals surface area contributed by atoms with Crippen LogP contribution in [-0.4, -0.2) is 52.4 Å². The van der Waals surface area contributed by atoms with Gasteiger partial charge in [0.15, 0.2) is 16.5 Å². The minimum atomic E-state index is -4.16. The van der Waals surface area contributed by atoms with Crippen LogP contribution < -0.4 is 15.4 Å². The number of benzene rings is 1. The Hall–Kier alpha value is -4.69. The van der Waals surface area contributed by atoms with Gasteiger partial charge in [0.05, 0.1) is 39.6 Å². The molecule has 1 atom stereocenters. The number of halogens is 4. The van der Waals surface area contributed by atoms with Gasteiger partial charge in [-0.1, -0.05) is 29.3 Å². The van der Waals surface area contributed by atoms with Crippen molar-refractivity contribution in [2.75, 3.05) is 4.90 Å². The van der Waals surface area contributed by atoms with Crippen LogP contribution in [0.3, 0.4) is 0 Å². The van der Waals surface area contributed by atoms with E-state index in [0.29, 0.717) is 63.9 Å². The number of aromatic nitrogens is 7. The fourth-order valence-electron chi connectivity index (χ4n) is 6.57. The molecule has 0 unspecified atom stereocenters. The zero-order chi connectivity index (χ0) is 33.3. The predicted octanol–water partition coefficient (Wildman–Crippen LogP) is 5.22. The quantitative estimate of drug-likeness (QED) is 0.233. The first-order valence-corrected chi connectivity index (χ1v) is 16.2. The highest BCUT2D eigenvalue weighted by molar-refractivity contribution is 6.36. The van der Waals surface area contributed by atoms with Crippen molar-refractivity contribution in [3.8, 4) is 16.9 Å². The van der Waals surface area contributed by atoms with Crippen LogP contribution >= 0.6 is 23.2 Å². The predicted molar refractivity (Wildman–Crippen MR) is 171 cm³/mol. The Balaban J connectivity index is 1.26. The fraction of sp³-hybridized carbons (Fsp3) is 0.344. The van der Waals surface area contributed by atoms with Gasteiger partial charge in [-0.2, -0.15) is 19.0 Å². The Labute approximate surface area is 281 Å². The molecule has 12 nitrogen and oxygen atoms in total. The number of amides is 2. The molecule has 5 aromatic rings. The maximum Gasteiger partial charge on any atom is 0.482 e. The lowest BCUT2D eigenvalue weighted by Gasteiger charge is -2.33. The van der Waals surface area contributed by atoms with Gasteiger partial charge in [0.25, 0.3) is 5.91 Å². The monoisotopic (exact) mass is 693 g/mol. The van der Waals surface area contributed by atoms with E-state index < -0.39 is 17.9 Å². The minimum Gasteiger partial charge on any atom is -0.423 e. The Morgan fingerprint density at radius 1 is 1.10 bits per heavy atom. The average molecular weight is 695 g/mol. The molecule has 0 saturated heterocycles. The molecule has 0 radical (unpaired) electrons. The molecular formula is C32H27Cl2F2N9O3. The van der Waals surface area contributed by atoms with Gasteiger partial charge in [-0.05, 0) is 67.3 Å². The van der Waals surface area contributed by atoms with E-state index >= 15 is 8.78 Å². The Kier molecular flexibility index (Phi) is 7.33. The molecule has 3 aliphatic rings. The number of hydrogen-bond donors (Lipinski definition) is 1. The van der Waals surface area contributed by atoms with Crippen molar-refractivity contribution in [2.24, 2.45) is 17.6 Å². The minimum absolute atomic E-state index is 0.0848. The molecule has 1 aromatic carbocycles. The van der Waals surface area contributed by atoms with Crippen molar-refractivity contribution in [2.45, 2.75) is 57.8 Å². The van der Waals surface area contributed by atoms with Crippen LogP contribution in [0.25, 0.3) is 22.2 Å². The molecule has 1 saturated carbocycles. The number of fused-ring (bicyclic) bond motifs is 3. The molecule has 2 aliphatic heterocycles. The summed E-state index contributed by atoms with van der Waals surface area (Å²) in [6, 6.07) is 7.57. The van der Waals surface area contributed by atoms with Gasteiger partial charge < -0.3 is 10.5 Å². The van der Waals surface area contributed by atoms with E-state index in [9.17, 15) is 9.59 Å². The maximum atomic E-state index is 15.1. The third-order valence-corrected chi connectivity index (χ3v) is 9.55. The van der Waals surface area contributed by atoms with Gasteiger partial charge in [-0.15, -0.1) is 0 Å². The van der Waals surface area contributed by atoms with Gasteiger partial charge in [0.2, 0.25) is 0 Å². The first-order valence-electron chi connectivity index (χ1n) is 15.4. The number of nitrogens with two attached hydrogens (primary N) is 1. The SMILES string of the molecule is NC(=O)c1c(CC2CC2)nc2c(c(Cl)nn2C[C@@H]2CCn3ncnc3C2)c1-c1ccc2c(c1)OC(F)(F)C(=O)N2Cc1ccc(Cl)cn1. The number of ether oxygens (including phenoxy) is 1. The zero-order valence-electron chi connectivity index (χ0n) is 25.2. The Morgan fingerprint density at radius 3 is 2.69 bits per heavy atom. The van der Waals surface area contributed by atoms with Gasteiger partial charge in [0.1, 0.15) is 12.2 Å². The van der Waals surface area contributed by atoms with Gasteiger partial charge in [-0.25, -0.2) is 14.6 Å². The number of alkyl halides is 2. The fourth-order valence-corrected chi connectivity index (χ4v) is 6.95. The summed E-state index contributed by atoms with van der Waals surface area (Å²) in [7, 11) is 0. The summed E-state index contributed by atoms with van der Waals surface area (Å²) in [5, 5.41) is 9.71. The second kappa shape index (κ2) is 11.5. The molecule has 0 spiro atoms. The van der Waals surface area contributed by atoms with E-state index in [4.69, 9.17) is 38.7 Å². The molecule has 2 N–H and O–H groups in total. The zero-order valence-corrected chi connectivity index (χ0v) is 26.8. The smallest absolute Gasteiger partial charge is 0.423 e. The maximum absolute atomic E-state index is 15.1. The summed E-state index contributed by atoms with van der Waals surface area (Å²) in [6.07, 6.45) is 2.77. The molecule has 8 rings (SSSR count). The van der Waals surface area contributed by atoms with E-state index in [1.807, 2.05) is 4.68 Å². The number of primary amides is 1. The molecule has 4 aromatic heterocycles. The third-order valence-electron chi connectivity index (χ3n) is 9.07. The van der Waals surface area contributed by atoms with Crippen molar-refractivity contribution in [1.82, 2.24) is 34.5 Å². The largest absolute Gasteiger partial charge is 0.482 e. The highest BCUT2D eigenvalue weighted by atomic mass is 35.5. The Morgan fingerprint density at radius 2 is 1.94 bits per heavy atom. The Bertz CT molecular complexity index is 2110. The van der Waals surface area contributed by atoms with E-state index in [-0.39, 0.29) is 34.6 Å². The van der Waals surface area contributed by atoms with Crippen LogP contribution in [0.1, 0.15) is 46.8 Å². The lowest BCUT2D eigenvalue weighted by molar-refractivity contribution is -0.193. The summed E-state index contributed by atoms with van der Waals surface area (Å²) < 4.78 is 38.8. The molecule has 2 amide bonds. The highest BCUT2D eigenvalue weighted by Crippen LogP contribution is 2.46. The summed E-state index contributed by atoms with van der Waals surface area (Å²) in [5.74, 6) is -1.15. The van der Waals surface area contributed by atoms with Crippen LogP contribution in [0.4, 0.5) is 14.5 Å². The summed E-state index contributed by atoms with van der Waals surface area (Å²) in [4.78, 5) is 40.4. The second-order valence-corrected chi connectivity index (χ2v) is 13.2. The molecular weight excluding hydrogens is 667 g/mol. The number of anilines is 1. The average Bonchev–Trinajstić information content (AvgIpc) is 3.65. The number of carbonyl (C=O) groups excluding carboxylic acids is 2.